The number of aromatic nitrogens is 3. The standard InChI is InChI=1S/C11H13N5O3S/c1-2-19-10(18)7-3-4-20-9(7)14-8(17)5-16-6-13-11(12)15-16/h3-4,6H,2,5H2,1H3,(H2,12,15)(H,14,17). The van der Waals surface area contributed by atoms with Gasteiger partial charge in [-0.15, -0.1) is 16.4 Å². The molecule has 2 aromatic heterocycles. The molecule has 0 saturated heterocycles. The van der Waals surface area contributed by atoms with E-state index in [4.69, 9.17) is 10.5 Å². The number of nitrogens with two attached hydrogens (primary N) is 1. The molecule has 0 radical (unpaired) electrons. The van der Waals surface area contributed by atoms with E-state index in [1.54, 1.807) is 18.4 Å². The summed E-state index contributed by atoms with van der Waals surface area (Å²) >= 11 is 1.25. The third-order valence-electron chi connectivity index (χ3n) is 2.27. The van der Waals surface area contributed by atoms with Crippen LogP contribution in [0.1, 0.15) is 17.3 Å². The second kappa shape index (κ2) is 6.15. The minimum Gasteiger partial charge on any atom is -0.462 e. The van der Waals surface area contributed by atoms with E-state index in [1.165, 1.54) is 22.3 Å². The van der Waals surface area contributed by atoms with Gasteiger partial charge in [-0.3, -0.25) is 4.79 Å². The van der Waals surface area contributed by atoms with Gasteiger partial charge in [0.15, 0.2) is 0 Å². The monoisotopic (exact) mass is 295 g/mol. The number of rotatable bonds is 5. The fraction of sp³-hybridized carbons (Fsp3) is 0.273. The summed E-state index contributed by atoms with van der Waals surface area (Å²) in [5.41, 5.74) is 5.69. The molecule has 0 unspecified atom stereocenters. The number of nitrogens with one attached hydrogen (secondary N) is 1. The van der Waals surface area contributed by atoms with Gasteiger partial charge in [0.05, 0.1) is 12.2 Å². The fourth-order valence-electron chi connectivity index (χ4n) is 1.47. The molecule has 9 heteroatoms. The highest BCUT2D eigenvalue weighted by Crippen LogP contribution is 2.24. The average Bonchev–Trinajstić information content (AvgIpc) is 2.99. The van der Waals surface area contributed by atoms with E-state index in [2.05, 4.69) is 15.4 Å². The molecule has 0 bridgehead atoms. The zero-order valence-corrected chi connectivity index (χ0v) is 11.5. The molecular weight excluding hydrogens is 282 g/mol. The summed E-state index contributed by atoms with van der Waals surface area (Å²) in [4.78, 5) is 27.2. The number of anilines is 2. The summed E-state index contributed by atoms with van der Waals surface area (Å²) in [6.07, 6.45) is 1.36. The van der Waals surface area contributed by atoms with Crippen LogP contribution in [0, 0.1) is 0 Å². The predicted molar refractivity (Wildman–Crippen MR) is 73.3 cm³/mol. The Morgan fingerprint density at radius 2 is 2.35 bits per heavy atom. The SMILES string of the molecule is CCOC(=O)c1ccsc1NC(=O)Cn1cnc(N)n1. The van der Waals surface area contributed by atoms with Crippen molar-refractivity contribution < 1.29 is 14.3 Å². The molecule has 20 heavy (non-hydrogen) atoms. The molecule has 0 aliphatic heterocycles. The number of carbonyl (C=O) groups excluding carboxylic acids is 2. The van der Waals surface area contributed by atoms with Crippen molar-refractivity contribution in [3.8, 4) is 0 Å². The van der Waals surface area contributed by atoms with Crippen LogP contribution in [0.4, 0.5) is 10.9 Å². The van der Waals surface area contributed by atoms with Gasteiger partial charge in [-0.2, -0.15) is 0 Å². The van der Waals surface area contributed by atoms with E-state index in [1.807, 2.05) is 0 Å². The predicted octanol–water partition coefficient (Wildman–Crippen LogP) is 0.737. The molecule has 0 spiro atoms. The van der Waals surface area contributed by atoms with Gasteiger partial charge in [0.25, 0.3) is 0 Å². The Bertz CT molecular complexity index is 621. The number of hydrogen-bond donors (Lipinski definition) is 2. The van der Waals surface area contributed by atoms with Crippen molar-refractivity contribution in [3.63, 3.8) is 0 Å². The van der Waals surface area contributed by atoms with Crippen LogP contribution in [0.2, 0.25) is 0 Å². The highest BCUT2D eigenvalue weighted by molar-refractivity contribution is 7.14. The lowest BCUT2D eigenvalue weighted by Gasteiger charge is -2.05. The van der Waals surface area contributed by atoms with Gasteiger partial charge in [-0.1, -0.05) is 0 Å². The third-order valence-corrected chi connectivity index (χ3v) is 3.10. The van der Waals surface area contributed by atoms with E-state index < -0.39 is 5.97 Å². The summed E-state index contributed by atoms with van der Waals surface area (Å²) in [7, 11) is 0. The molecule has 2 heterocycles. The van der Waals surface area contributed by atoms with Gasteiger partial charge in [0, 0.05) is 0 Å². The van der Waals surface area contributed by atoms with Crippen LogP contribution in [-0.4, -0.2) is 33.2 Å². The summed E-state index contributed by atoms with van der Waals surface area (Å²) in [6.45, 7) is 1.96. The lowest BCUT2D eigenvalue weighted by Crippen LogP contribution is -2.20. The van der Waals surface area contributed by atoms with Gasteiger partial charge in [0.1, 0.15) is 17.9 Å². The summed E-state index contributed by atoms with van der Waals surface area (Å²) < 4.78 is 6.21. The van der Waals surface area contributed by atoms with Crippen LogP contribution in [0.25, 0.3) is 0 Å². The summed E-state index contributed by atoms with van der Waals surface area (Å²) in [5.74, 6) is -0.696. The van der Waals surface area contributed by atoms with Crippen LogP contribution in [0.3, 0.4) is 0 Å². The van der Waals surface area contributed by atoms with Crippen LogP contribution >= 0.6 is 11.3 Å². The number of carbonyl (C=O) groups is 2. The topological polar surface area (TPSA) is 112 Å². The zero-order valence-electron chi connectivity index (χ0n) is 10.7. The van der Waals surface area contributed by atoms with Crippen molar-refractivity contribution in [2.75, 3.05) is 17.7 Å². The lowest BCUT2D eigenvalue weighted by atomic mass is 10.3. The molecule has 0 saturated carbocycles. The molecule has 3 N–H and O–H groups in total. The number of amides is 1. The fourth-order valence-corrected chi connectivity index (χ4v) is 2.27. The number of esters is 1. The Hall–Kier alpha value is -2.42. The van der Waals surface area contributed by atoms with E-state index in [9.17, 15) is 9.59 Å². The Labute approximate surface area is 118 Å². The number of hydrogen-bond acceptors (Lipinski definition) is 7. The van der Waals surface area contributed by atoms with E-state index in [0.29, 0.717) is 10.6 Å². The van der Waals surface area contributed by atoms with E-state index in [0.717, 1.165) is 0 Å². The Kier molecular flexibility index (Phi) is 4.31. The van der Waals surface area contributed by atoms with E-state index >= 15 is 0 Å². The highest BCUT2D eigenvalue weighted by atomic mass is 32.1. The Balaban J connectivity index is 2.01. The average molecular weight is 295 g/mol. The first-order valence-electron chi connectivity index (χ1n) is 5.79. The smallest absolute Gasteiger partial charge is 0.341 e. The number of ether oxygens (including phenoxy) is 1. The van der Waals surface area contributed by atoms with Gasteiger partial charge in [-0.25, -0.2) is 14.5 Å². The van der Waals surface area contributed by atoms with Crippen molar-refractivity contribution in [2.24, 2.45) is 0 Å². The molecule has 1 amide bonds. The van der Waals surface area contributed by atoms with Crippen molar-refractivity contribution in [3.05, 3.63) is 23.3 Å². The number of nitrogens with zero attached hydrogens (tertiary/aromatic N) is 3. The maximum absolute atomic E-state index is 11.8. The van der Waals surface area contributed by atoms with Crippen LogP contribution < -0.4 is 11.1 Å². The quantitative estimate of drug-likeness (QED) is 0.787. The largest absolute Gasteiger partial charge is 0.462 e. The number of nitrogen functional groups attached to an aromatic ring is 1. The van der Waals surface area contributed by atoms with Crippen LogP contribution in [0.5, 0.6) is 0 Å². The molecule has 0 atom stereocenters. The van der Waals surface area contributed by atoms with Gasteiger partial charge >= 0.3 is 5.97 Å². The summed E-state index contributed by atoms with van der Waals surface area (Å²) in [5, 5.41) is 8.59. The van der Waals surface area contributed by atoms with Crippen molar-refractivity contribution >= 4 is 34.2 Å². The van der Waals surface area contributed by atoms with E-state index in [-0.39, 0.29) is 25.0 Å². The minimum absolute atomic E-state index is 0.0373. The van der Waals surface area contributed by atoms with Crippen LogP contribution in [0.15, 0.2) is 17.8 Å². The molecule has 8 nitrogen and oxygen atoms in total. The maximum Gasteiger partial charge on any atom is 0.341 e. The maximum atomic E-state index is 11.8. The first-order valence-corrected chi connectivity index (χ1v) is 6.67. The Morgan fingerprint density at radius 3 is 3.00 bits per heavy atom. The number of thiophene rings is 1. The second-order valence-electron chi connectivity index (χ2n) is 3.73. The molecule has 106 valence electrons. The first kappa shape index (κ1) is 14.0. The molecule has 0 fully saturated rings. The van der Waals surface area contributed by atoms with Crippen LogP contribution in [-0.2, 0) is 16.1 Å². The minimum atomic E-state index is -0.464. The first-order chi connectivity index (χ1) is 9.60. The van der Waals surface area contributed by atoms with Crippen molar-refractivity contribution in [2.45, 2.75) is 13.5 Å². The Morgan fingerprint density at radius 1 is 1.55 bits per heavy atom. The molecule has 2 aromatic rings. The second-order valence-corrected chi connectivity index (χ2v) is 4.65. The molecule has 0 aromatic carbocycles. The van der Waals surface area contributed by atoms with Gasteiger partial charge in [-0.05, 0) is 18.4 Å². The van der Waals surface area contributed by atoms with Crippen molar-refractivity contribution in [1.29, 1.82) is 0 Å². The third kappa shape index (κ3) is 3.32. The molecule has 2 rings (SSSR count). The molecule has 0 aliphatic carbocycles. The van der Waals surface area contributed by atoms with Gasteiger partial charge in [0.2, 0.25) is 11.9 Å². The molecular formula is C11H13N5O3S. The van der Waals surface area contributed by atoms with Crippen molar-refractivity contribution in [1.82, 2.24) is 14.8 Å². The normalized spacial score (nSPS) is 10.2. The van der Waals surface area contributed by atoms with Gasteiger partial charge < -0.3 is 15.8 Å². The highest BCUT2D eigenvalue weighted by Gasteiger charge is 2.16. The zero-order chi connectivity index (χ0) is 14.5. The summed E-state index contributed by atoms with van der Waals surface area (Å²) in [6, 6.07) is 1.60. The molecule has 0 aliphatic rings. The lowest BCUT2D eigenvalue weighted by molar-refractivity contribution is -0.116.